The maximum Gasteiger partial charge on any atom is 0.221 e. The highest BCUT2D eigenvalue weighted by Gasteiger charge is 2.21. The van der Waals surface area contributed by atoms with Crippen LogP contribution in [0.2, 0.25) is 0 Å². The van der Waals surface area contributed by atoms with Crippen LogP contribution in [0.15, 0.2) is 46.7 Å². The van der Waals surface area contributed by atoms with E-state index in [2.05, 4.69) is 27.7 Å². The topological polar surface area (TPSA) is 66.5 Å². The van der Waals surface area contributed by atoms with Gasteiger partial charge >= 0.3 is 0 Å². The van der Waals surface area contributed by atoms with Crippen molar-refractivity contribution in [2.75, 3.05) is 25.4 Å². The van der Waals surface area contributed by atoms with Crippen LogP contribution in [0.25, 0.3) is 0 Å². The first kappa shape index (κ1) is 21.0. The zero-order valence-corrected chi connectivity index (χ0v) is 17.9. The lowest BCUT2D eigenvalue weighted by Gasteiger charge is -2.31. The molecule has 2 aromatic rings. The third kappa shape index (κ3) is 6.15. The minimum Gasteiger partial charge on any atom is -0.356 e. The van der Waals surface area contributed by atoms with E-state index in [1.54, 1.807) is 35.6 Å². The first-order valence-corrected chi connectivity index (χ1v) is 12.3. The van der Waals surface area contributed by atoms with Gasteiger partial charge in [-0.1, -0.05) is 23.8 Å². The van der Waals surface area contributed by atoms with Crippen LogP contribution in [0.5, 0.6) is 0 Å². The van der Waals surface area contributed by atoms with Crippen LogP contribution in [0.1, 0.15) is 29.7 Å². The zero-order valence-electron chi connectivity index (χ0n) is 16.3. The molecule has 1 aromatic carbocycles. The Morgan fingerprint density at radius 3 is 2.54 bits per heavy atom. The SMILES string of the molecule is Cc1ccc(S(=O)(=O)CCC(=O)NCC2CCN(Cc3cccs3)CC2)cc1. The van der Waals surface area contributed by atoms with Crippen molar-refractivity contribution in [2.45, 2.75) is 37.6 Å². The largest absolute Gasteiger partial charge is 0.356 e. The van der Waals surface area contributed by atoms with E-state index < -0.39 is 9.84 Å². The smallest absolute Gasteiger partial charge is 0.221 e. The van der Waals surface area contributed by atoms with E-state index in [0.29, 0.717) is 12.5 Å². The normalized spacial score (nSPS) is 16.2. The van der Waals surface area contributed by atoms with Crippen LogP contribution in [0.3, 0.4) is 0 Å². The highest BCUT2D eigenvalue weighted by Crippen LogP contribution is 2.20. The number of thiophene rings is 1. The van der Waals surface area contributed by atoms with Crippen molar-refractivity contribution in [3.05, 3.63) is 52.2 Å². The molecule has 3 rings (SSSR count). The number of nitrogens with one attached hydrogen (secondary N) is 1. The van der Waals surface area contributed by atoms with E-state index in [4.69, 9.17) is 0 Å². The molecule has 1 aromatic heterocycles. The van der Waals surface area contributed by atoms with E-state index in [1.807, 2.05) is 6.92 Å². The summed E-state index contributed by atoms with van der Waals surface area (Å²) in [7, 11) is -3.41. The van der Waals surface area contributed by atoms with Crippen molar-refractivity contribution in [1.82, 2.24) is 10.2 Å². The molecule has 7 heteroatoms. The summed E-state index contributed by atoms with van der Waals surface area (Å²) in [5.41, 5.74) is 1.01. The molecule has 5 nitrogen and oxygen atoms in total. The maximum atomic E-state index is 12.3. The number of hydrogen-bond donors (Lipinski definition) is 1. The summed E-state index contributed by atoms with van der Waals surface area (Å²) >= 11 is 1.79. The Hall–Kier alpha value is -1.70. The molecule has 28 heavy (non-hydrogen) atoms. The molecule has 1 aliphatic heterocycles. The van der Waals surface area contributed by atoms with Crippen molar-refractivity contribution in [3.8, 4) is 0 Å². The van der Waals surface area contributed by atoms with Gasteiger partial charge in [-0.2, -0.15) is 0 Å². The molecule has 1 fully saturated rings. The molecule has 2 heterocycles. The third-order valence-corrected chi connectivity index (χ3v) is 7.83. The number of piperidine rings is 1. The second-order valence-electron chi connectivity index (χ2n) is 7.48. The summed E-state index contributed by atoms with van der Waals surface area (Å²) in [6.07, 6.45) is 2.13. The molecule has 0 spiro atoms. The van der Waals surface area contributed by atoms with Crippen LogP contribution in [0.4, 0.5) is 0 Å². The molecule has 0 radical (unpaired) electrons. The third-order valence-electron chi connectivity index (χ3n) is 5.23. The second kappa shape index (κ2) is 9.67. The summed E-state index contributed by atoms with van der Waals surface area (Å²) in [6, 6.07) is 11.0. The van der Waals surface area contributed by atoms with Crippen LogP contribution in [-0.4, -0.2) is 44.6 Å². The summed E-state index contributed by atoms with van der Waals surface area (Å²) in [6.45, 7) is 5.64. The highest BCUT2D eigenvalue weighted by molar-refractivity contribution is 7.91. The Kier molecular flexibility index (Phi) is 7.26. The molecule has 1 amide bonds. The number of rotatable bonds is 8. The Morgan fingerprint density at radius 1 is 1.18 bits per heavy atom. The lowest BCUT2D eigenvalue weighted by Crippen LogP contribution is -2.38. The van der Waals surface area contributed by atoms with Gasteiger partial charge in [-0.05, 0) is 62.4 Å². The van der Waals surface area contributed by atoms with E-state index in [0.717, 1.165) is 38.0 Å². The molecule has 1 N–H and O–H groups in total. The predicted octanol–water partition coefficient (Wildman–Crippen LogP) is 3.25. The summed E-state index contributed by atoms with van der Waals surface area (Å²) < 4.78 is 24.7. The lowest BCUT2D eigenvalue weighted by molar-refractivity contribution is -0.120. The highest BCUT2D eigenvalue weighted by atomic mass is 32.2. The number of benzene rings is 1. The molecule has 0 saturated carbocycles. The van der Waals surface area contributed by atoms with E-state index in [1.165, 1.54) is 4.88 Å². The quantitative estimate of drug-likeness (QED) is 0.712. The fourth-order valence-electron chi connectivity index (χ4n) is 3.41. The predicted molar refractivity (Wildman–Crippen MR) is 113 cm³/mol. The van der Waals surface area contributed by atoms with Gasteiger partial charge in [-0.25, -0.2) is 8.42 Å². The first-order chi connectivity index (χ1) is 13.4. The zero-order chi connectivity index (χ0) is 20.0. The number of carbonyl (C=O) groups excluding carboxylic acids is 1. The average molecular weight is 421 g/mol. The summed E-state index contributed by atoms with van der Waals surface area (Å²) in [4.78, 5) is 16.2. The fraction of sp³-hybridized carbons (Fsp3) is 0.476. The number of aryl methyl sites for hydroxylation is 1. The van der Waals surface area contributed by atoms with Crippen LogP contribution in [-0.2, 0) is 21.2 Å². The minimum absolute atomic E-state index is 0.00737. The molecule has 0 atom stereocenters. The summed E-state index contributed by atoms with van der Waals surface area (Å²) in [5, 5.41) is 5.03. The standard InChI is InChI=1S/C21H28N2O3S2/c1-17-4-6-20(7-5-17)28(25,26)14-10-21(24)22-15-18-8-11-23(12-9-18)16-19-3-2-13-27-19/h2-7,13,18H,8-12,14-16H2,1H3,(H,22,24). The first-order valence-electron chi connectivity index (χ1n) is 9.73. The van der Waals surface area contributed by atoms with Gasteiger partial charge in [0.05, 0.1) is 10.6 Å². The molecule has 0 bridgehead atoms. The van der Waals surface area contributed by atoms with Crippen molar-refractivity contribution < 1.29 is 13.2 Å². The number of amides is 1. The van der Waals surface area contributed by atoms with Crippen molar-refractivity contribution in [3.63, 3.8) is 0 Å². The molecule has 152 valence electrons. The van der Waals surface area contributed by atoms with Gasteiger partial charge in [-0.3, -0.25) is 9.69 Å². The molecule has 0 unspecified atom stereocenters. The molecule has 0 aliphatic carbocycles. The summed E-state index contributed by atoms with van der Waals surface area (Å²) in [5.74, 6) is 0.134. The Bertz CT molecular complexity index is 854. The maximum absolute atomic E-state index is 12.3. The molecular formula is C21H28N2O3S2. The van der Waals surface area contributed by atoms with Crippen molar-refractivity contribution >= 4 is 27.1 Å². The number of carbonyl (C=O) groups is 1. The monoisotopic (exact) mass is 420 g/mol. The van der Waals surface area contributed by atoms with Crippen LogP contribution in [0, 0.1) is 12.8 Å². The van der Waals surface area contributed by atoms with Gasteiger partial charge in [0.25, 0.3) is 0 Å². The number of nitrogens with zero attached hydrogens (tertiary/aromatic N) is 1. The van der Waals surface area contributed by atoms with Crippen LogP contribution < -0.4 is 5.32 Å². The number of likely N-dealkylation sites (tertiary alicyclic amines) is 1. The van der Waals surface area contributed by atoms with Gasteiger partial charge in [0.15, 0.2) is 9.84 Å². The Morgan fingerprint density at radius 2 is 1.89 bits per heavy atom. The fourth-order valence-corrected chi connectivity index (χ4v) is 5.40. The van der Waals surface area contributed by atoms with Crippen molar-refractivity contribution in [2.24, 2.45) is 5.92 Å². The van der Waals surface area contributed by atoms with E-state index in [-0.39, 0.29) is 23.0 Å². The van der Waals surface area contributed by atoms with Crippen LogP contribution >= 0.6 is 11.3 Å². The molecule has 1 aliphatic rings. The molecule has 1 saturated heterocycles. The van der Waals surface area contributed by atoms with E-state index in [9.17, 15) is 13.2 Å². The lowest BCUT2D eigenvalue weighted by atomic mass is 9.96. The number of sulfone groups is 1. The Balaban J connectivity index is 1.36. The minimum atomic E-state index is -3.41. The molecular weight excluding hydrogens is 392 g/mol. The van der Waals surface area contributed by atoms with Gasteiger partial charge < -0.3 is 5.32 Å². The van der Waals surface area contributed by atoms with Gasteiger partial charge in [0.2, 0.25) is 5.91 Å². The van der Waals surface area contributed by atoms with E-state index >= 15 is 0 Å². The van der Waals surface area contributed by atoms with Gasteiger partial charge in [0, 0.05) is 24.4 Å². The van der Waals surface area contributed by atoms with Gasteiger partial charge in [0.1, 0.15) is 0 Å². The Labute approximate surface area is 171 Å². The second-order valence-corrected chi connectivity index (χ2v) is 10.6. The average Bonchev–Trinajstić information content (AvgIpc) is 3.19. The van der Waals surface area contributed by atoms with Gasteiger partial charge in [-0.15, -0.1) is 11.3 Å². The number of hydrogen-bond acceptors (Lipinski definition) is 5. The van der Waals surface area contributed by atoms with Crippen molar-refractivity contribution in [1.29, 1.82) is 0 Å².